The van der Waals surface area contributed by atoms with Crippen molar-refractivity contribution in [2.45, 2.75) is 84.4 Å². The Labute approximate surface area is 116 Å². The van der Waals surface area contributed by atoms with Crippen LogP contribution in [0.4, 0.5) is 4.79 Å². The molecular weight excluding hydrogens is 242 g/mol. The van der Waals surface area contributed by atoms with Gasteiger partial charge in [0, 0.05) is 23.9 Å². The molecule has 4 nitrogen and oxygen atoms in total. The molecule has 0 aliphatic heterocycles. The molecule has 4 heteroatoms. The van der Waals surface area contributed by atoms with Gasteiger partial charge in [-0.1, -0.05) is 0 Å². The second-order valence-electron chi connectivity index (χ2n) is 7.32. The first-order valence-electron chi connectivity index (χ1n) is 7.04. The topological polar surface area (TPSA) is 46.6 Å². The summed E-state index contributed by atoms with van der Waals surface area (Å²) in [5.41, 5.74) is -0.623. The molecular formula is C15H27NO3. The van der Waals surface area contributed by atoms with Crippen LogP contribution in [0.15, 0.2) is 0 Å². The summed E-state index contributed by atoms with van der Waals surface area (Å²) in [4.78, 5) is 25.6. The number of nitrogens with zero attached hydrogens (tertiary/aromatic N) is 1. The number of rotatable bonds is 1. The SMILES string of the molecule is CC(C)(C)N(C(=O)OC1CCCC(=O)C1)C(C)(C)C. The third-order valence-electron chi connectivity index (χ3n) is 3.23. The summed E-state index contributed by atoms with van der Waals surface area (Å²) in [7, 11) is 0. The number of carbonyl (C=O) groups excluding carboxylic acids is 2. The molecule has 1 atom stereocenters. The minimum absolute atomic E-state index is 0.196. The maximum atomic E-state index is 12.4. The van der Waals surface area contributed by atoms with Gasteiger partial charge in [-0.15, -0.1) is 0 Å². The number of Topliss-reactive ketones (excluding diaryl/α,β-unsaturated/α-hetero) is 1. The van der Waals surface area contributed by atoms with Gasteiger partial charge in [0.2, 0.25) is 0 Å². The maximum absolute atomic E-state index is 12.4. The number of hydrogen-bond donors (Lipinski definition) is 0. The summed E-state index contributed by atoms with van der Waals surface area (Å²) in [6.07, 6.45) is 2.03. The van der Waals surface area contributed by atoms with Crippen molar-refractivity contribution in [2.24, 2.45) is 0 Å². The molecule has 1 amide bonds. The molecule has 0 aromatic rings. The number of ether oxygens (including phenoxy) is 1. The Morgan fingerprint density at radius 1 is 1.16 bits per heavy atom. The van der Waals surface area contributed by atoms with E-state index in [2.05, 4.69) is 0 Å². The number of amides is 1. The Balaban J connectivity index is 2.75. The lowest BCUT2D eigenvalue weighted by Gasteiger charge is -2.45. The predicted molar refractivity (Wildman–Crippen MR) is 75.1 cm³/mol. The molecule has 1 unspecified atom stereocenters. The molecule has 0 aromatic carbocycles. The largest absolute Gasteiger partial charge is 0.446 e. The highest BCUT2D eigenvalue weighted by Gasteiger charge is 2.38. The Morgan fingerprint density at radius 2 is 1.68 bits per heavy atom. The van der Waals surface area contributed by atoms with Gasteiger partial charge in [-0.2, -0.15) is 0 Å². The van der Waals surface area contributed by atoms with Crippen LogP contribution in [0.5, 0.6) is 0 Å². The summed E-state index contributed by atoms with van der Waals surface area (Å²) in [5, 5.41) is 0. The van der Waals surface area contributed by atoms with Crippen LogP contribution in [0, 0.1) is 0 Å². The van der Waals surface area contributed by atoms with Crippen LogP contribution in [-0.4, -0.2) is 34.0 Å². The van der Waals surface area contributed by atoms with Gasteiger partial charge in [0.25, 0.3) is 0 Å². The fraction of sp³-hybridized carbons (Fsp3) is 0.867. The molecule has 1 saturated carbocycles. The summed E-state index contributed by atoms with van der Waals surface area (Å²) in [6.45, 7) is 11.9. The smallest absolute Gasteiger partial charge is 0.410 e. The number of carbonyl (C=O) groups is 2. The van der Waals surface area contributed by atoms with Crippen molar-refractivity contribution >= 4 is 11.9 Å². The molecule has 1 aliphatic carbocycles. The van der Waals surface area contributed by atoms with Crippen LogP contribution in [0.2, 0.25) is 0 Å². The van der Waals surface area contributed by atoms with Crippen molar-refractivity contribution < 1.29 is 14.3 Å². The Hall–Kier alpha value is -1.06. The zero-order chi connectivity index (χ0) is 14.8. The minimum Gasteiger partial charge on any atom is -0.446 e. The van der Waals surface area contributed by atoms with Crippen LogP contribution in [0.1, 0.15) is 67.2 Å². The first-order valence-corrected chi connectivity index (χ1v) is 7.04. The molecule has 0 spiro atoms. The van der Waals surface area contributed by atoms with E-state index in [9.17, 15) is 9.59 Å². The fourth-order valence-electron chi connectivity index (χ4n) is 2.83. The molecule has 19 heavy (non-hydrogen) atoms. The fourth-order valence-corrected chi connectivity index (χ4v) is 2.83. The van der Waals surface area contributed by atoms with E-state index in [4.69, 9.17) is 4.74 Å². The molecule has 1 rings (SSSR count). The van der Waals surface area contributed by atoms with Gasteiger partial charge in [0.1, 0.15) is 11.9 Å². The van der Waals surface area contributed by atoms with Crippen LogP contribution < -0.4 is 0 Å². The highest BCUT2D eigenvalue weighted by molar-refractivity contribution is 5.80. The molecule has 1 aliphatic rings. The Morgan fingerprint density at radius 3 is 2.11 bits per heavy atom. The first-order chi connectivity index (χ1) is 8.51. The van der Waals surface area contributed by atoms with Gasteiger partial charge in [-0.25, -0.2) is 4.79 Å². The summed E-state index contributed by atoms with van der Waals surface area (Å²) >= 11 is 0. The van der Waals surface area contributed by atoms with Gasteiger partial charge in [-0.3, -0.25) is 9.69 Å². The van der Waals surface area contributed by atoms with Crippen molar-refractivity contribution in [1.82, 2.24) is 4.90 Å². The summed E-state index contributed by atoms with van der Waals surface area (Å²) in [5.74, 6) is 0.196. The van der Waals surface area contributed by atoms with Crippen LogP contribution >= 0.6 is 0 Å². The molecule has 0 aromatic heterocycles. The van der Waals surface area contributed by atoms with Crippen molar-refractivity contribution in [3.05, 3.63) is 0 Å². The van der Waals surface area contributed by atoms with Crippen molar-refractivity contribution in [1.29, 1.82) is 0 Å². The van der Waals surface area contributed by atoms with Crippen molar-refractivity contribution in [3.63, 3.8) is 0 Å². The molecule has 1 fully saturated rings. The van der Waals surface area contributed by atoms with E-state index < -0.39 is 0 Å². The maximum Gasteiger partial charge on any atom is 0.410 e. The van der Waals surface area contributed by atoms with Gasteiger partial charge < -0.3 is 4.74 Å². The van der Waals surface area contributed by atoms with Gasteiger partial charge >= 0.3 is 6.09 Å². The number of ketones is 1. The number of hydrogen-bond acceptors (Lipinski definition) is 3. The van der Waals surface area contributed by atoms with Crippen LogP contribution in [-0.2, 0) is 9.53 Å². The highest BCUT2D eigenvalue weighted by Crippen LogP contribution is 2.27. The zero-order valence-electron chi connectivity index (χ0n) is 13.1. The summed E-state index contributed by atoms with van der Waals surface area (Å²) in [6, 6.07) is 0. The molecule has 0 bridgehead atoms. The lowest BCUT2D eigenvalue weighted by Crippen LogP contribution is -2.56. The standard InChI is InChI=1S/C15H27NO3/c1-14(2,3)16(15(4,5)6)13(18)19-12-9-7-8-11(17)10-12/h12H,7-10H2,1-6H3. The normalized spacial score (nSPS) is 21.2. The monoisotopic (exact) mass is 269 g/mol. The van der Waals surface area contributed by atoms with Gasteiger partial charge in [-0.05, 0) is 54.4 Å². The average Bonchev–Trinajstić information content (AvgIpc) is 2.11. The quantitative estimate of drug-likeness (QED) is 0.731. The molecule has 0 heterocycles. The van der Waals surface area contributed by atoms with Crippen LogP contribution in [0.3, 0.4) is 0 Å². The van der Waals surface area contributed by atoms with E-state index >= 15 is 0 Å². The zero-order valence-corrected chi connectivity index (χ0v) is 13.1. The molecule has 0 saturated heterocycles. The average molecular weight is 269 g/mol. The lowest BCUT2D eigenvalue weighted by molar-refractivity contribution is -0.123. The van der Waals surface area contributed by atoms with E-state index in [0.29, 0.717) is 12.8 Å². The Bertz CT molecular complexity index is 335. The molecule has 0 radical (unpaired) electrons. The summed E-state index contributed by atoms with van der Waals surface area (Å²) < 4.78 is 5.54. The molecule has 110 valence electrons. The minimum atomic E-state index is -0.320. The predicted octanol–water partition coefficient (Wildman–Crippen LogP) is 3.53. The van der Waals surface area contributed by atoms with E-state index in [1.165, 1.54) is 0 Å². The Kier molecular flexibility index (Phi) is 4.64. The molecule has 0 N–H and O–H groups in total. The van der Waals surface area contributed by atoms with Crippen molar-refractivity contribution in [2.75, 3.05) is 0 Å². The lowest BCUT2D eigenvalue weighted by atomic mass is 9.96. The van der Waals surface area contributed by atoms with E-state index in [0.717, 1.165) is 12.8 Å². The third kappa shape index (κ3) is 4.51. The van der Waals surface area contributed by atoms with E-state index in [1.807, 2.05) is 41.5 Å². The second kappa shape index (κ2) is 5.51. The van der Waals surface area contributed by atoms with Gasteiger partial charge in [0.15, 0.2) is 0 Å². The van der Waals surface area contributed by atoms with E-state index in [-0.39, 0.29) is 29.1 Å². The highest BCUT2D eigenvalue weighted by atomic mass is 16.6. The second-order valence-corrected chi connectivity index (χ2v) is 7.32. The van der Waals surface area contributed by atoms with E-state index in [1.54, 1.807) is 4.90 Å². The van der Waals surface area contributed by atoms with Gasteiger partial charge in [0.05, 0.1) is 0 Å². The third-order valence-corrected chi connectivity index (χ3v) is 3.23. The van der Waals surface area contributed by atoms with Crippen LogP contribution in [0.25, 0.3) is 0 Å². The first kappa shape index (κ1) is 16.0. The van der Waals surface area contributed by atoms with Crippen molar-refractivity contribution in [3.8, 4) is 0 Å².